The Morgan fingerprint density at radius 3 is 2.52 bits per heavy atom. The van der Waals surface area contributed by atoms with Crippen molar-refractivity contribution < 1.29 is 9.90 Å². The molecule has 5 heteroatoms. The van der Waals surface area contributed by atoms with Crippen molar-refractivity contribution in [2.24, 2.45) is 7.05 Å². The molecule has 0 radical (unpaired) electrons. The second kappa shape index (κ2) is 5.01. The van der Waals surface area contributed by atoms with Crippen molar-refractivity contribution in [3.05, 3.63) is 53.5 Å². The standard InChI is InChI=1S/C16H15N3O2/c1-3-12-13(14-16(19(12)2)18-9-8-17-14)15(21)10-4-6-11(20)7-5-10/h4-9,20H,3H2,1-2H3. The Hall–Kier alpha value is -2.69. The van der Waals surface area contributed by atoms with Crippen LogP contribution >= 0.6 is 0 Å². The summed E-state index contributed by atoms with van der Waals surface area (Å²) < 4.78 is 1.91. The molecule has 0 bridgehead atoms. The first-order chi connectivity index (χ1) is 10.1. The maximum Gasteiger partial charge on any atom is 0.197 e. The number of aromatic hydroxyl groups is 1. The molecule has 0 spiro atoms. The second-order valence-corrected chi connectivity index (χ2v) is 4.84. The van der Waals surface area contributed by atoms with E-state index in [9.17, 15) is 9.90 Å². The maximum absolute atomic E-state index is 12.8. The third-order valence-corrected chi connectivity index (χ3v) is 3.62. The van der Waals surface area contributed by atoms with E-state index >= 15 is 0 Å². The molecule has 1 aromatic carbocycles. The van der Waals surface area contributed by atoms with Crippen LogP contribution in [0.15, 0.2) is 36.7 Å². The van der Waals surface area contributed by atoms with E-state index in [2.05, 4.69) is 9.97 Å². The second-order valence-electron chi connectivity index (χ2n) is 4.84. The fraction of sp³-hybridized carbons (Fsp3) is 0.188. The van der Waals surface area contributed by atoms with Gasteiger partial charge >= 0.3 is 0 Å². The Labute approximate surface area is 121 Å². The molecule has 0 aliphatic carbocycles. The Bertz CT molecular complexity index is 819. The molecule has 0 saturated carbocycles. The van der Waals surface area contributed by atoms with Gasteiger partial charge in [0.15, 0.2) is 11.4 Å². The van der Waals surface area contributed by atoms with Crippen LogP contribution in [-0.4, -0.2) is 25.4 Å². The zero-order chi connectivity index (χ0) is 15.0. The van der Waals surface area contributed by atoms with Gasteiger partial charge in [0.1, 0.15) is 11.3 Å². The first kappa shape index (κ1) is 13.3. The van der Waals surface area contributed by atoms with Gasteiger partial charge in [-0.15, -0.1) is 0 Å². The number of rotatable bonds is 3. The number of phenolic OH excluding ortho intramolecular Hbond substituents is 1. The molecule has 0 saturated heterocycles. The molecule has 0 amide bonds. The molecular weight excluding hydrogens is 266 g/mol. The molecule has 2 aromatic heterocycles. The van der Waals surface area contributed by atoms with Crippen LogP contribution in [0.4, 0.5) is 0 Å². The molecule has 5 nitrogen and oxygen atoms in total. The predicted molar refractivity (Wildman–Crippen MR) is 79.4 cm³/mol. The van der Waals surface area contributed by atoms with Crippen LogP contribution in [0, 0.1) is 0 Å². The summed E-state index contributed by atoms with van der Waals surface area (Å²) >= 11 is 0. The van der Waals surface area contributed by atoms with Crippen molar-refractivity contribution in [2.45, 2.75) is 13.3 Å². The van der Waals surface area contributed by atoms with Gasteiger partial charge in [-0.05, 0) is 30.7 Å². The highest BCUT2D eigenvalue weighted by molar-refractivity contribution is 6.16. The Morgan fingerprint density at radius 2 is 1.86 bits per heavy atom. The monoisotopic (exact) mass is 281 g/mol. The summed E-state index contributed by atoms with van der Waals surface area (Å²) in [5, 5.41) is 9.35. The molecule has 2 heterocycles. The quantitative estimate of drug-likeness (QED) is 0.749. The summed E-state index contributed by atoms with van der Waals surface area (Å²) in [5.41, 5.74) is 3.36. The normalized spacial score (nSPS) is 11.0. The van der Waals surface area contributed by atoms with Crippen molar-refractivity contribution in [1.82, 2.24) is 14.5 Å². The lowest BCUT2D eigenvalue weighted by Gasteiger charge is -2.04. The SMILES string of the molecule is CCc1c(C(=O)c2ccc(O)cc2)c2nccnc2n1C. The molecule has 106 valence electrons. The van der Waals surface area contributed by atoms with E-state index in [1.54, 1.807) is 24.5 Å². The van der Waals surface area contributed by atoms with Gasteiger partial charge in [-0.2, -0.15) is 0 Å². The topological polar surface area (TPSA) is 68.0 Å². The number of benzene rings is 1. The van der Waals surface area contributed by atoms with Gasteiger partial charge in [0.05, 0.1) is 5.56 Å². The van der Waals surface area contributed by atoms with Crippen molar-refractivity contribution in [1.29, 1.82) is 0 Å². The molecule has 0 atom stereocenters. The van der Waals surface area contributed by atoms with E-state index in [1.165, 1.54) is 12.1 Å². The van der Waals surface area contributed by atoms with Crippen LogP contribution in [0.2, 0.25) is 0 Å². The number of ketones is 1. The first-order valence-electron chi connectivity index (χ1n) is 6.75. The largest absolute Gasteiger partial charge is 0.508 e. The summed E-state index contributed by atoms with van der Waals surface area (Å²) in [6, 6.07) is 6.25. The lowest BCUT2D eigenvalue weighted by molar-refractivity contribution is 0.103. The summed E-state index contributed by atoms with van der Waals surface area (Å²) in [6.45, 7) is 2.00. The Balaban J connectivity index is 2.24. The van der Waals surface area contributed by atoms with Gasteiger partial charge in [0, 0.05) is 30.7 Å². The van der Waals surface area contributed by atoms with Crippen LogP contribution in [0.25, 0.3) is 11.2 Å². The lowest BCUT2D eigenvalue weighted by atomic mass is 10.0. The average Bonchev–Trinajstić information content (AvgIpc) is 2.80. The van der Waals surface area contributed by atoms with Crippen LogP contribution in [-0.2, 0) is 13.5 Å². The number of hydrogen-bond donors (Lipinski definition) is 1. The third kappa shape index (κ3) is 2.07. The molecule has 0 aliphatic heterocycles. The number of nitrogens with zero attached hydrogens (tertiary/aromatic N) is 3. The van der Waals surface area contributed by atoms with Gasteiger partial charge in [-0.3, -0.25) is 9.78 Å². The van der Waals surface area contributed by atoms with Gasteiger partial charge in [0.2, 0.25) is 0 Å². The molecule has 3 aromatic rings. The minimum absolute atomic E-state index is 0.0991. The van der Waals surface area contributed by atoms with E-state index in [4.69, 9.17) is 0 Å². The van der Waals surface area contributed by atoms with Gasteiger partial charge < -0.3 is 9.67 Å². The number of aryl methyl sites for hydroxylation is 1. The van der Waals surface area contributed by atoms with Gasteiger partial charge in [-0.1, -0.05) is 6.92 Å². The van der Waals surface area contributed by atoms with E-state index < -0.39 is 0 Å². The van der Waals surface area contributed by atoms with Crippen molar-refractivity contribution in [3.63, 3.8) is 0 Å². The van der Waals surface area contributed by atoms with E-state index in [-0.39, 0.29) is 11.5 Å². The number of aromatic nitrogens is 3. The minimum atomic E-state index is -0.0991. The highest BCUT2D eigenvalue weighted by atomic mass is 16.3. The van der Waals surface area contributed by atoms with Crippen LogP contribution < -0.4 is 0 Å². The minimum Gasteiger partial charge on any atom is -0.508 e. The Morgan fingerprint density at radius 1 is 1.19 bits per heavy atom. The molecule has 0 aliphatic rings. The number of fused-ring (bicyclic) bond motifs is 1. The Kier molecular flexibility index (Phi) is 3.17. The van der Waals surface area contributed by atoms with Crippen molar-refractivity contribution >= 4 is 16.9 Å². The van der Waals surface area contributed by atoms with Gasteiger partial charge in [0.25, 0.3) is 0 Å². The molecular formula is C16H15N3O2. The predicted octanol–water partition coefficient (Wildman–Crippen LogP) is 2.47. The lowest BCUT2D eigenvalue weighted by Crippen LogP contribution is -2.06. The average molecular weight is 281 g/mol. The van der Waals surface area contributed by atoms with E-state index in [0.29, 0.717) is 28.7 Å². The molecule has 0 unspecified atom stereocenters. The van der Waals surface area contributed by atoms with Crippen LogP contribution in [0.5, 0.6) is 5.75 Å². The molecule has 1 N–H and O–H groups in total. The van der Waals surface area contributed by atoms with Crippen molar-refractivity contribution in [3.8, 4) is 5.75 Å². The maximum atomic E-state index is 12.8. The van der Waals surface area contributed by atoms with E-state index in [1.807, 2.05) is 18.5 Å². The summed E-state index contributed by atoms with van der Waals surface area (Å²) in [5.74, 6) is 0.0397. The summed E-state index contributed by atoms with van der Waals surface area (Å²) in [4.78, 5) is 21.4. The molecule has 0 fully saturated rings. The number of hydrogen-bond acceptors (Lipinski definition) is 4. The number of carbonyl (C=O) groups excluding carboxylic acids is 1. The third-order valence-electron chi connectivity index (χ3n) is 3.62. The zero-order valence-electron chi connectivity index (χ0n) is 11.9. The van der Waals surface area contributed by atoms with Crippen LogP contribution in [0.1, 0.15) is 28.5 Å². The van der Waals surface area contributed by atoms with Gasteiger partial charge in [-0.25, -0.2) is 4.98 Å². The molecule has 3 rings (SSSR count). The highest BCUT2D eigenvalue weighted by Gasteiger charge is 2.22. The smallest absolute Gasteiger partial charge is 0.197 e. The molecule has 21 heavy (non-hydrogen) atoms. The fourth-order valence-electron chi connectivity index (χ4n) is 2.59. The number of carbonyl (C=O) groups is 1. The summed E-state index contributed by atoms with van der Waals surface area (Å²) in [6.07, 6.45) is 3.93. The van der Waals surface area contributed by atoms with Crippen LogP contribution in [0.3, 0.4) is 0 Å². The highest BCUT2D eigenvalue weighted by Crippen LogP contribution is 2.25. The fourth-order valence-corrected chi connectivity index (χ4v) is 2.59. The summed E-state index contributed by atoms with van der Waals surface area (Å²) in [7, 11) is 1.89. The zero-order valence-corrected chi connectivity index (χ0v) is 11.9. The first-order valence-corrected chi connectivity index (χ1v) is 6.75. The van der Waals surface area contributed by atoms with Crippen molar-refractivity contribution in [2.75, 3.05) is 0 Å². The van der Waals surface area contributed by atoms with E-state index in [0.717, 1.165) is 5.69 Å². The number of phenols is 1.